The number of halogens is 3. The number of hydrogen-bond donors (Lipinski definition) is 0. The first-order valence-corrected chi connectivity index (χ1v) is 12.1. The SMILES string of the molecule is CO[C@H]1OC[C@@H]2O[C@@]1(COCc1ccccc1)C[C@@H](OC(=O)[C@](OC)(c1ccccc1)C(F)(F)F)[C@H]2N=[N+]=[N-]. The Kier molecular flexibility index (Phi) is 8.80. The van der Waals surface area contributed by atoms with Crippen molar-refractivity contribution in [3.63, 3.8) is 0 Å². The van der Waals surface area contributed by atoms with Gasteiger partial charge in [0.1, 0.15) is 17.7 Å². The fraction of sp³-hybridized carbons (Fsp3) is 0.500. The van der Waals surface area contributed by atoms with E-state index >= 15 is 0 Å². The maximum Gasteiger partial charge on any atom is 0.432 e. The molecule has 0 unspecified atom stereocenters. The van der Waals surface area contributed by atoms with Gasteiger partial charge in [0.05, 0.1) is 25.9 Å². The van der Waals surface area contributed by atoms with Crippen LogP contribution in [0.1, 0.15) is 17.5 Å². The molecule has 0 amide bonds. The average molecular weight is 552 g/mol. The molecule has 0 aliphatic carbocycles. The van der Waals surface area contributed by atoms with E-state index in [9.17, 15) is 23.5 Å². The minimum atomic E-state index is -5.18. The van der Waals surface area contributed by atoms with E-state index in [1.807, 2.05) is 30.3 Å². The molecule has 2 aromatic carbocycles. The summed E-state index contributed by atoms with van der Waals surface area (Å²) in [7, 11) is 2.15. The van der Waals surface area contributed by atoms with Gasteiger partial charge in [0, 0.05) is 31.1 Å². The molecule has 39 heavy (non-hydrogen) atoms. The number of ether oxygens (including phenoxy) is 6. The van der Waals surface area contributed by atoms with Gasteiger partial charge in [-0.15, -0.1) is 0 Å². The Labute approximate surface area is 222 Å². The summed E-state index contributed by atoms with van der Waals surface area (Å²) in [6.45, 7) is -0.0302. The summed E-state index contributed by atoms with van der Waals surface area (Å²) in [5.74, 6) is -1.71. The maximum atomic E-state index is 14.5. The van der Waals surface area contributed by atoms with Crippen LogP contribution >= 0.6 is 0 Å². The van der Waals surface area contributed by atoms with Gasteiger partial charge in [-0.05, 0) is 11.1 Å². The highest BCUT2D eigenvalue weighted by molar-refractivity contribution is 5.83. The lowest BCUT2D eigenvalue weighted by Gasteiger charge is -2.53. The van der Waals surface area contributed by atoms with Gasteiger partial charge in [-0.2, -0.15) is 13.2 Å². The van der Waals surface area contributed by atoms with Crippen LogP contribution < -0.4 is 0 Å². The van der Waals surface area contributed by atoms with Crippen molar-refractivity contribution in [2.75, 3.05) is 27.4 Å². The fourth-order valence-corrected chi connectivity index (χ4v) is 5.03. The quantitative estimate of drug-likeness (QED) is 0.185. The molecule has 2 bridgehead atoms. The van der Waals surface area contributed by atoms with Gasteiger partial charge in [-0.1, -0.05) is 65.8 Å². The summed E-state index contributed by atoms with van der Waals surface area (Å²) in [5, 5.41) is 3.69. The molecule has 2 aliphatic rings. The van der Waals surface area contributed by atoms with E-state index in [0.717, 1.165) is 24.8 Å². The van der Waals surface area contributed by atoms with Crippen LogP contribution in [0.4, 0.5) is 13.2 Å². The smallest absolute Gasteiger partial charge is 0.432 e. The molecule has 2 aliphatic heterocycles. The van der Waals surface area contributed by atoms with Gasteiger partial charge in [-0.3, -0.25) is 0 Å². The van der Waals surface area contributed by atoms with E-state index in [2.05, 4.69) is 10.0 Å². The number of rotatable bonds is 10. The molecule has 13 heteroatoms. The summed E-state index contributed by atoms with van der Waals surface area (Å²) in [6, 6.07) is 14.5. The predicted octanol–water partition coefficient (Wildman–Crippen LogP) is 4.43. The van der Waals surface area contributed by atoms with Crippen LogP contribution in [0.5, 0.6) is 0 Å². The highest BCUT2D eigenvalue weighted by Gasteiger charge is 2.65. The van der Waals surface area contributed by atoms with E-state index in [-0.39, 0.29) is 26.2 Å². The maximum absolute atomic E-state index is 14.5. The molecule has 210 valence electrons. The Morgan fingerprint density at radius 3 is 2.38 bits per heavy atom. The van der Waals surface area contributed by atoms with Crippen LogP contribution in [0.2, 0.25) is 0 Å². The van der Waals surface area contributed by atoms with Crippen LogP contribution in [-0.4, -0.2) is 69.7 Å². The van der Waals surface area contributed by atoms with Crippen molar-refractivity contribution in [2.45, 2.75) is 54.9 Å². The summed E-state index contributed by atoms with van der Waals surface area (Å²) in [6.07, 6.45) is -8.70. The molecule has 0 saturated carbocycles. The van der Waals surface area contributed by atoms with E-state index < -0.39 is 53.5 Å². The number of azide groups is 1. The Morgan fingerprint density at radius 2 is 1.79 bits per heavy atom. The first kappa shape index (κ1) is 28.8. The average Bonchev–Trinajstić information content (AvgIpc) is 2.92. The fourth-order valence-electron chi connectivity index (χ4n) is 5.03. The first-order valence-electron chi connectivity index (χ1n) is 12.1. The largest absolute Gasteiger partial charge is 0.459 e. The van der Waals surface area contributed by atoms with E-state index in [1.54, 1.807) is 0 Å². The Bertz CT molecular complexity index is 1170. The van der Waals surface area contributed by atoms with E-state index in [1.165, 1.54) is 25.3 Å². The lowest BCUT2D eigenvalue weighted by molar-refractivity contribution is -0.351. The van der Waals surface area contributed by atoms with Gasteiger partial charge < -0.3 is 28.4 Å². The number of methoxy groups -OCH3 is 2. The molecule has 0 spiro atoms. The van der Waals surface area contributed by atoms with Gasteiger partial charge in [-0.25, -0.2) is 4.79 Å². The summed E-state index contributed by atoms with van der Waals surface area (Å²) < 4.78 is 77.1. The number of nitrogens with zero attached hydrogens (tertiary/aromatic N) is 3. The molecule has 0 radical (unpaired) electrons. The van der Waals surface area contributed by atoms with Crippen LogP contribution in [0, 0.1) is 0 Å². The van der Waals surface area contributed by atoms with Crippen LogP contribution in [0.25, 0.3) is 10.4 Å². The van der Waals surface area contributed by atoms with Gasteiger partial charge in [0.25, 0.3) is 5.60 Å². The molecule has 6 atom stereocenters. The number of esters is 1. The third kappa shape index (κ3) is 5.60. The normalized spacial score (nSPS) is 28.1. The molecular formula is C26H28F3N3O7. The monoisotopic (exact) mass is 551 g/mol. The van der Waals surface area contributed by atoms with Gasteiger partial charge in [0.2, 0.25) is 0 Å². The highest BCUT2D eigenvalue weighted by atomic mass is 19.4. The second-order valence-corrected chi connectivity index (χ2v) is 9.19. The zero-order chi connectivity index (χ0) is 28.1. The molecule has 0 N–H and O–H groups in total. The summed E-state index contributed by atoms with van der Waals surface area (Å²) in [4.78, 5) is 16.2. The molecule has 2 heterocycles. The molecule has 2 saturated heterocycles. The zero-order valence-corrected chi connectivity index (χ0v) is 21.2. The lowest BCUT2D eigenvalue weighted by atomic mass is 9.84. The summed E-state index contributed by atoms with van der Waals surface area (Å²) in [5.41, 5.74) is 4.80. The number of carbonyl (C=O) groups is 1. The summed E-state index contributed by atoms with van der Waals surface area (Å²) >= 11 is 0. The Hall–Kier alpha value is -3.19. The van der Waals surface area contributed by atoms with Crippen molar-refractivity contribution in [2.24, 2.45) is 5.11 Å². The second-order valence-electron chi connectivity index (χ2n) is 9.19. The van der Waals surface area contributed by atoms with Crippen LogP contribution in [-0.2, 0) is 45.4 Å². The number of alkyl halides is 3. The second kappa shape index (κ2) is 11.9. The number of carbonyl (C=O) groups excluding carboxylic acids is 1. The van der Waals surface area contributed by atoms with E-state index in [0.29, 0.717) is 0 Å². The van der Waals surface area contributed by atoms with Crippen molar-refractivity contribution < 1.29 is 46.4 Å². The molecule has 0 aromatic heterocycles. The van der Waals surface area contributed by atoms with Gasteiger partial charge in [0.15, 0.2) is 6.29 Å². The third-order valence-corrected chi connectivity index (χ3v) is 6.82. The Morgan fingerprint density at radius 1 is 1.13 bits per heavy atom. The standard InChI is InChI=1S/C26H28F3N3O7/c1-34-23-24(16-36-14-17-9-5-3-6-10-17)13-19(21(31-32-30)20(39-24)15-37-23)38-22(33)25(35-2,26(27,28)29)18-11-7-4-8-12-18/h3-12,19-21,23H,13-16H2,1-2H3/t19-,20+,21-,23+,24-,25-/m1/s1. The van der Waals surface area contributed by atoms with Crippen molar-refractivity contribution in [1.82, 2.24) is 0 Å². The van der Waals surface area contributed by atoms with Crippen molar-refractivity contribution in [1.29, 1.82) is 0 Å². The number of benzene rings is 2. The molecule has 4 rings (SSSR count). The zero-order valence-electron chi connectivity index (χ0n) is 21.2. The van der Waals surface area contributed by atoms with Crippen molar-refractivity contribution >= 4 is 5.97 Å². The minimum Gasteiger partial charge on any atom is -0.459 e. The molecular weight excluding hydrogens is 523 g/mol. The van der Waals surface area contributed by atoms with Crippen LogP contribution in [0.15, 0.2) is 65.8 Å². The molecule has 10 nitrogen and oxygen atoms in total. The Balaban J connectivity index is 1.65. The third-order valence-electron chi connectivity index (χ3n) is 6.82. The van der Waals surface area contributed by atoms with Crippen molar-refractivity contribution in [3.05, 3.63) is 82.2 Å². The predicted molar refractivity (Wildman–Crippen MR) is 129 cm³/mol. The molecule has 2 aromatic rings. The van der Waals surface area contributed by atoms with Crippen molar-refractivity contribution in [3.8, 4) is 0 Å². The number of hydrogen-bond acceptors (Lipinski definition) is 8. The first-order chi connectivity index (χ1) is 18.7. The molecule has 2 fully saturated rings. The van der Waals surface area contributed by atoms with Crippen LogP contribution in [0.3, 0.4) is 0 Å². The minimum absolute atomic E-state index is 0.110. The topological polar surface area (TPSA) is 121 Å². The van der Waals surface area contributed by atoms with Gasteiger partial charge >= 0.3 is 12.1 Å². The lowest BCUT2D eigenvalue weighted by Crippen LogP contribution is -2.67. The number of fused-ring (bicyclic) bond motifs is 2. The highest BCUT2D eigenvalue weighted by Crippen LogP contribution is 2.45. The van der Waals surface area contributed by atoms with E-state index in [4.69, 9.17) is 28.4 Å².